The highest BCUT2D eigenvalue weighted by Crippen LogP contribution is 2.31. The average molecular weight is 338 g/mol. The van der Waals surface area contributed by atoms with Gasteiger partial charge < -0.3 is 21.5 Å². The van der Waals surface area contributed by atoms with Crippen LogP contribution in [0.1, 0.15) is 33.9 Å². The Bertz CT molecular complexity index is 788. The molecule has 25 heavy (non-hydrogen) atoms. The Morgan fingerprint density at radius 3 is 2.88 bits per heavy atom. The number of hydrogen-bond donors (Lipinski definition) is 3. The maximum atomic E-state index is 11.2. The van der Waals surface area contributed by atoms with Crippen molar-refractivity contribution in [1.82, 2.24) is 5.32 Å². The molecule has 1 amide bonds. The zero-order chi connectivity index (χ0) is 17.6. The normalized spacial score (nSPS) is 16.6. The van der Waals surface area contributed by atoms with E-state index in [0.717, 1.165) is 23.3 Å². The van der Waals surface area contributed by atoms with Crippen LogP contribution >= 0.6 is 0 Å². The van der Waals surface area contributed by atoms with Crippen LogP contribution in [0.25, 0.3) is 0 Å². The lowest BCUT2D eigenvalue weighted by molar-refractivity contribution is 0.1000. The van der Waals surface area contributed by atoms with E-state index in [1.807, 2.05) is 36.4 Å². The summed E-state index contributed by atoms with van der Waals surface area (Å²) < 4.78 is 5.65. The first-order chi connectivity index (χ1) is 12.1. The molecule has 0 radical (unpaired) electrons. The van der Waals surface area contributed by atoms with Crippen LogP contribution in [0.5, 0.6) is 5.75 Å². The van der Waals surface area contributed by atoms with Gasteiger partial charge in [0.05, 0.1) is 12.6 Å². The van der Waals surface area contributed by atoms with Gasteiger partial charge in [-0.05, 0) is 30.2 Å². The molecule has 1 aliphatic heterocycles. The number of carbonyl (C=O) groups is 1. The molecule has 0 saturated heterocycles. The van der Waals surface area contributed by atoms with E-state index in [1.165, 1.54) is 0 Å². The molecule has 130 valence electrons. The summed E-state index contributed by atoms with van der Waals surface area (Å²) in [5.41, 5.74) is 13.9. The fourth-order valence-electron chi connectivity index (χ4n) is 2.90. The molecule has 1 unspecified atom stereocenters. The van der Waals surface area contributed by atoms with Crippen molar-refractivity contribution in [2.45, 2.75) is 18.9 Å². The number of para-hydroxylation sites is 1. The van der Waals surface area contributed by atoms with E-state index in [9.17, 15) is 4.79 Å². The van der Waals surface area contributed by atoms with Gasteiger partial charge in [0.15, 0.2) is 5.96 Å². The Kier molecular flexibility index (Phi) is 5.18. The van der Waals surface area contributed by atoms with Crippen LogP contribution in [0.4, 0.5) is 0 Å². The Morgan fingerprint density at radius 2 is 2.04 bits per heavy atom. The van der Waals surface area contributed by atoms with Gasteiger partial charge in [-0.1, -0.05) is 30.3 Å². The number of nitrogens with one attached hydrogen (secondary N) is 1. The fourth-order valence-corrected chi connectivity index (χ4v) is 2.90. The second-order valence-electron chi connectivity index (χ2n) is 5.95. The molecule has 0 aromatic heterocycles. The molecule has 1 atom stereocenters. The lowest BCUT2D eigenvalue weighted by Crippen LogP contribution is -2.37. The van der Waals surface area contributed by atoms with Crippen molar-refractivity contribution in [3.63, 3.8) is 0 Å². The monoisotopic (exact) mass is 338 g/mol. The third-order valence-electron chi connectivity index (χ3n) is 4.17. The van der Waals surface area contributed by atoms with Crippen LogP contribution in [0.3, 0.4) is 0 Å². The lowest BCUT2D eigenvalue weighted by atomic mass is 10.0. The standard InChI is InChI=1S/C19H22N4O2/c20-18(24)14-5-3-4-13(12-14)8-10-22-19(21)23-16-9-11-25-17-7-2-1-6-15(16)17/h1-7,12,16H,8-11H2,(H2,20,24)(H3,21,22,23). The third kappa shape index (κ3) is 4.29. The predicted molar refractivity (Wildman–Crippen MR) is 97.6 cm³/mol. The Labute approximate surface area is 146 Å². The maximum Gasteiger partial charge on any atom is 0.248 e. The number of hydrogen-bond acceptors (Lipinski definition) is 3. The number of benzene rings is 2. The second kappa shape index (κ2) is 7.70. The molecule has 0 fully saturated rings. The summed E-state index contributed by atoms with van der Waals surface area (Å²) in [5.74, 6) is 0.875. The summed E-state index contributed by atoms with van der Waals surface area (Å²) in [5, 5.41) is 3.26. The van der Waals surface area contributed by atoms with Crippen LogP contribution in [-0.2, 0) is 6.42 Å². The number of amides is 1. The van der Waals surface area contributed by atoms with E-state index in [1.54, 1.807) is 12.1 Å². The topological polar surface area (TPSA) is 103 Å². The molecule has 5 N–H and O–H groups in total. The largest absolute Gasteiger partial charge is 0.493 e. The van der Waals surface area contributed by atoms with Gasteiger partial charge in [-0.25, -0.2) is 0 Å². The van der Waals surface area contributed by atoms with Gasteiger partial charge in [0.25, 0.3) is 0 Å². The summed E-state index contributed by atoms with van der Waals surface area (Å²) in [6, 6.07) is 15.3. The lowest BCUT2D eigenvalue weighted by Gasteiger charge is -2.26. The van der Waals surface area contributed by atoms with Gasteiger partial charge in [0.1, 0.15) is 5.75 Å². The van der Waals surface area contributed by atoms with Crippen molar-refractivity contribution in [3.05, 3.63) is 65.2 Å². The first kappa shape index (κ1) is 16.8. The number of nitrogens with zero attached hydrogens (tertiary/aromatic N) is 1. The molecule has 0 aliphatic carbocycles. The number of fused-ring (bicyclic) bond motifs is 1. The molecule has 0 bridgehead atoms. The van der Waals surface area contributed by atoms with Gasteiger partial charge in [-0.15, -0.1) is 0 Å². The van der Waals surface area contributed by atoms with Crippen molar-refractivity contribution in [3.8, 4) is 5.75 Å². The molecule has 6 nitrogen and oxygen atoms in total. The van der Waals surface area contributed by atoms with Crippen LogP contribution in [0.15, 0.2) is 53.5 Å². The number of aliphatic imine (C=N–C) groups is 1. The average Bonchev–Trinajstić information content (AvgIpc) is 2.62. The van der Waals surface area contributed by atoms with E-state index in [0.29, 0.717) is 31.1 Å². The minimum absolute atomic E-state index is 0.104. The van der Waals surface area contributed by atoms with Gasteiger partial charge in [0, 0.05) is 24.1 Å². The summed E-state index contributed by atoms with van der Waals surface area (Å²) in [4.78, 5) is 15.6. The summed E-state index contributed by atoms with van der Waals surface area (Å²) in [6.45, 7) is 1.19. The van der Waals surface area contributed by atoms with Gasteiger partial charge in [-0.3, -0.25) is 9.79 Å². The number of guanidine groups is 1. The Morgan fingerprint density at radius 1 is 1.20 bits per heavy atom. The minimum Gasteiger partial charge on any atom is -0.493 e. The molecule has 2 aromatic rings. The van der Waals surface area contributed by atoms with Crippen LogP contribution in [0.2, 0.25) is 0 Å². The number of rotatable bonds is 5. The molecule has 6 heteroatoms. The number of ether oxygens (including phenoxy) is 1. The molecule has 1 heterocycles. The maximum absolute atomic E-state index is 11.2. The van der Waals surface area contributed by atoms with Crippen molar-refractivity contribution in [2.24, 2.45) is 16.5 Å². The first-order valence-corrected chi connectivity index (χ1v) is 8.30. The Balaban J connectivity index is 1.58. The van der Waals surface area contributed by atoms with Crippen molar-refractivity contribution < 1.29 is 9.53 Å². The van der Waals surface area contributed by atoms with E-state index in [4.69, 9.17) is 16.2 Å². The molecule has 2 aromatic carbocycles. The summed E-state index contributed by atoms with van der Waals surface area (Å²) >= 11 is 0. The van der Waals surface area contributed by atoms with Crippen molar-refractivity contribution in [1.29, 1.82) is 0 Å². The molecular formula is C19H22N4O2. The smallest absolute Gasteiger partial charge is 0.248 e. The van der Waals surface area contributed by atoms with E-state index in [2.05, 4.69) is 10.3 Å². The quantitative estimate of drug-likeness (QED) is 0.571. The SMILES string of the molecule is NC(=O)c1cccc(CCN=C(N)NC2CCOc3ccccc32)c1. The zero-order valence-corrected chi connectivity index (χ0v) is 13.9. The highest BCUT2D eigenvalue weighted by molar-refractivity contribution is 5.92. The number of carbonyl (C=O) groups excluding carboxylic acids is 1. The number of primary amides is 1. The summed E-state index contributed by atoms with van der Waals surface area (Å²) in [6.07, 6.45) is 1.53. The number of nitrogens with two attached hydrogens (primary N) is 2. The molecule has 0 spiro atoms. The minimum atomic E-state index is -0.426. The van der Waals surface area contributed by atoms with Gasteiger partial charge in [0.2, 0.25) is 5.91 Å². The third-order valence-corrected chi connectivity index (χ3v) is 4.17. The summed E-state index contributed by atoms with van der Waals surface area (Å²) in [7, 11) is 0. The molecule has 3 rings (SSSR count). The zero-order valence-electron chi connectivity index (χ0n) is 13.9. The van der Waals surface area contributed by atoms with Gasteiger partial charge in [-0.2, -0.15) is 0 Å². The Hall–Kier alpha value is -3.02. The van der Waals surface area contributed by atoms with Crippen LogP contribution in [0, 0.1) is 0 Å². The molecule has 0 saturated carbocycles. The molecule has 1 aliphatic rings. The van der Waals surface area contributed by atoms with E-state index in [-0.39, 0.29) is 6.04 Å². The van der Waals surface area contributed by atoms with Crippen LogP contribution < -0.4 is 21.5 Å². The van der Waals surface area contributed by atoms with Crippen molar-refractivity contribution in [2.75, 3.05) is 13.2 Å². The fraction of sp³-hybridized carbons (Fsp3) is 0.263. The molecular weight excluding hydrogens is 316 g/mol. The van der Waals surface area contributed by atoms with E-state index >= 15 is 0 Å². The predicted octanol–water partition coefficient (Wildman–Crippen LogP) is 1.76. The van der Waals surface area contributed by atoms with Crippen LogP contribution in [-0.4, -0.2) is 25.0 Å². The van der Waals surface area contributed by atoms with E-state index < -0.39 is 5.91 Å². The highest BCUT2D eigenvalue weighted by Gasteiger charge is 2.21. The highest BCUT2D eigenvalue weighted by atomic mass is 16.5. The van der Waals surface area contributed by atoms with Gasteiger partial charge >= 0.3 is 0 Å². The second-order valence-corrected chi connectivity index (χ2v) is 5.95. The van der Waals surface area contributed by atoms with Crippen molar-refractivity contribution >= 4 is 11.9 Å². The first-order valence-electron chi connectivity index (χ1n) is 8.30.